The predicted octanol–water partition coefficient (Wildman–Crippen LogP) is 6.64. The standard InChI is InChI=1S/C34H29ClN4O4S2/c35-24-12-16-27(17-13-24)45-26-14-10-23(11-15-26)31(40)29(18-19-38-32(41)28-8-4-5-9-30(28)36-37-38)33(42)39-25(21-44-34(39)43)20-22-6-2-1-3-7-22/h1-17,25,29,31,40H,18-21H2/t25-,29-,31+/m0/s1. The largest absolute Gasteiger partial charge is 0.388 e. The Morgan fingerprint density at radius 1 is 0.933 bits per heavy atom. The summed E-state index contributed by atoms with van der Waals surface area (Å²) in [7, 11) is 0. The van der Waals surface area contributed by atoms with E-state index in [1.807, 2.05) is 66.7 Å². The summed E-state index contributed by atoms with van der Waals surface area (Å²) >= 11 is 8.66. The zero-order chi connectivity index (χ0) is 31.3. The predicted molar refractivity (Wildman–Crippen MR) is 178 cm³/mol. The van der Waals surface area contributed by atoms with Crippen LogP contribution in [0, 0.1) is 5.92 Å². The molecule has 1 aliphatic heterocycles. The number of hydrogen-bond acceptors (Lipinski definition) is 8. The maximum atomic E-state index is 14.2. The molecule has 8 nitrogen and oxygen atoms in total. The van der Waals surface area contributed by atoms with Crippen LogP contribution in [0.5, 0.6) is 0 Å². The monoisotopic (exact) mass is 656 g/mol. The van der Waals surface area contributed by atoms with E-state index in [1.165, 1.54) is 9.58 Å². The second kappa shape index (κ2) is 14.0. The molecule has 0 bridgehead atoms. The first-order valence-corrected chi connectivity index (χ1v) is 16.6. The van der Waals surface area contributed by atoms with Gasteiger partial charge in [0.15, 0.2) is 0 Å². The Labute approximate surface area is 273 Å². The van der Waals surface area contributed by atoms with Gasteiger partial charge in [0.2, 0.25) is 5.91 Å². The molecule has 6 rings (SSSR count). The number of aliphatic hydroxyl groups excluding tert-OH is 1. The summed E-state index contributed by atoms with van der Waals surface area (Å²) in [4.78, 5) is 43.7. The molecule has 0 radical (unpaired) electrons. The molecule has 1 aromatic heterocycles. The van der Waals surface area contributed by atoms with Crippen LogP contribution >= 0.6 is 35.1 Å². The summed E-state index contributed by atoms with van der Waals surface area (Å²) in [5.74, 6) is -1.02. The van der Waals surface area contributed by atoms with E-state index >= 15 is 0 Å². The molecule has 3 atom stereocenters. The smallest absolute Gasteiger partial charge is 0.288 e. The van der Waals surface area contributed by atoms with Gasteiger partial charge in [-0.1, -0.05) is 94.9 Å². The van der Waals surface area contributed by atoms with E-state index in [2.05, 4.69) is 10.3 Å². The topological polar surface area (TPSA) is 105 Å². The zero-order valence-electron chi connectivity index (χ0n) is 24.0. The van der Waals surface area contributed by atoms with Gasteiger partial charge in [0.05, 0.1) is 23.4 Å². The van der Waals surface area contributed by atoms with E-state index in [1.54, 1.807) is 48.2 Å². The van der Waals surface area contributed by atoms with Gasteiger partial charge in [-0.25, -0.2) is 4.68 Å². The summed E-state index contributed by atoms with van der Waals surface area (Å²) in [6.07, 6.45) is -0.645. The van der Waals surface area contributed by atoms with Gasteiger partial charge in [0, 0.05) is 27.1 Å². The maximum absolute atomic E-state index is 14.2. The van der Waals surface area contributed by atoms with Gasteiger partial charge in [-0.15, -0.1) is 5.10 Å². The Bertz CT molecular complexity index is 1870. The van der Waals surface area contributed by atoms with Crippen molar-refractivity contribution in [3.05, 3.63) is 130 Å². The average Bonchev–Trinajstić information content (AvgIpc) is 3.43. The molecule has 1 saturated heterocycles. The molecule has 1 fully saturated rings. The van der Waals surface area contributed by atoms with Crippen molar-refractivity contribution in [2.75, 3.05) is 5.75 Å². The number of amides is 2. The van der Waals surface area contributed by atoms with Crippen LogP contribution < -0.4 is 5.56 Å². The molecular weight excluding hydrogens is 628 g/mol. The maximum Gasteiger partial charge on any atom is 0.288 e. The third-order valence-corrected chi connectivity index (χ3v) is 10.0. The highest BCUT2D eigenvalue weighted by Gasteiger charge is 2.42. The van der Waals surface area contributed by atoms with E-state index in [4.69, 9.17) is 11.6 Å². The van der Waals surface area contributed by atoms with Crippen molar-refractivity contribution in [3.8, 4) is 0 Å². The number of imide groups is 1. The molecule has 0 unspecified atom stereocenters. The number of fused-ring (bicyclic) bond motifs is 1. The van der Waals surface area contributed by atoms with Crippen molar-refractivity contribution in [1.29, 1.82) is 0 Å². The lowest BCUT2D eigenvalue weighted by atomic mass is 9.90. The molecule has 45 heavy (non-hydrogen) atoms. The normalized spacial score (nSPS) is 16.2. The Kier molecular flexibility index (Phi) is 9.65. The van der Waals surface area contributed by atoms with Crippen LogP contribution in [-0.2, 0) is 17.8 Å². The van der Waals surface area contributed by atoms with Gasteiger partial charge in [0.25, 0.3) is 10.8 Å². The number of carbonyl (C=O) groups is 2. The minimum Gasteiger partial charge on any atom is -0.388 e. The molecule has 228 valence electrons. The lowest BCUT2D eigenvalue weighted by molar-refractivity contribution is -0.137. The molecule has 4 aromatic carbocycles. The molecule has 2 heterocycles. The number of hydrogen-bond donors (Lipinski definition) is 1. The van der Waals surface area contributed by atoms with E-state index < -0.39 is 17.9 Å². The van der Waals surface area contributed by atoms with Gasteiger partial charge < -0.3 is 5.11 Å². The number of aryl methyl sites for hydroxylation is 1. The summed E-state index contributed by atoms with van der Waals surface area (Å²) in [6.45, 7) is 0.0349. The Morgan fingerprint density at radius 3 is 2.33 bits per heavy atom. The van der Waals surface area contributed by atoms with Crippen molar-refractivity contribution in [1.82, 2.24) is 19.9 Å². The fourth-order valence-electron chi connectivity index (χ4n) is 5.40. The second-order valence-electron chi connectivity index (χ2n) is 10.7. The van der Waals surface area contributed by atoms with Crippen molar-refractivity contribution in [2.45, 2.75) is 41.3 Å². The Balaban J connectivity index is 1.27. The highest BCUT2D eigenvalue weighted by atomic mass is 35.5. The number of thioether (sulfide) groups is 1. The summed E-state index contributed by atoms with van der Waals surface area (Å²) in [5.41, 5.74) is 1.69. The molecular formula is C34H29ClN4O4S2. The van der Waals surface area contributed by atoms with Crippen LogP contribution in [0.3, 0.4) is 0 Å². The van der Waals surface area contributed by atoms with Crippen LogP contribution in [0.15, 0.2) is 118 Å². The number of aliphatic hydroxyl groups is 1. The fraction of sp³-hybridized carbons (Fsp3) is 0.206. The highest BCUT2D eigenvalue weighted by Crippen LogP contribution is 2.35. The minimum absolute atomic E-state index is 0.0349. The highest BCUT2D eigenvalue weighted by molar-refractivity contribution is 8.14. The van der Waals surface area contributed by atoms with Crippen LogP contribution in [0.4, 0.5) is 4.79 Å². The number of carbonyl (C=O) groups excluding carboxylic acids is 2. The first-order chi connectivity index (χ1) is 21.9. The zero-order valence-corrected chi connectivity index (χ0v) is 26.4. The van der Waals surface area contributed by atoms with E-state index in [0.29, 0.717) is 33.7 Å². The summed E-state index contributed by atoms with van der Waals surface area (Å²) in [5, 5.41) is 20.7. The summed E-state index contributed by atoms with van der Waals surface area (Å²) in [6, 6.07) is 31.1. The Morgan fingerprint density at radius 2 is 1.60 bits per heavy atom. The van der Waals surface area contributed by atoms with Crippen molar-refractivity contribution < 1.29 is 14.7 Å². The minimum atomic E-state index is -1.23. The number of nitrogens with zero attached hydrogens (tertiary/aromatic N) is 4. The quantitative estimate of drug-likeness (QED) is 0.178. The van der Waals surface area contributed by atoms with Gasteiger partial charge in [-0.3, -0.25) is 19.3 Å². The first kappa shape index (κ1) is 31.0. The van der Waals surface area contributed by atoms with Gasteiger partial charge >= 0.3 is 0 Å². The Hall–Kier alpha value is -3.96. The molecule has 5 aromatic rings. The SMILES string of the molecule is O=C1SC[C@H](Cc2ccccc2)N1C(=O)[C@@H](CCn1nnc2ccccc2c1=O)[C@H](O)c1ccc(Sc2ccc(Cl)cc2)cc1. The molecule has 0 saturated carbocycles. The lowest BCUT2D eigenvalue weighted by Crippen LogP contribution is -2.45. The number of rotatable bonds is 10. The van der Waals surface area contributed by atoms with E-state index in [-0.39, 0.29) is 29.8 Å². The van der Waals surface area contributed by atoms with Crippen LogP contribution in [0.1, 0.15) is 23.7 Å². The molecule has 0 aliphatic carbocycles. The molecule has 0 spiro atoms. The van der Waals surface area contributed by atoms with Gasteiger partial charge in [0.1, 0.15) is 5.52 Å². The van der Waals surface area contributed by atoms with Crippen LogP contribution in [0.2, 0.25) is 5.02 Å². The lowest BCUT2D eigenvalue weighted by Gasteiger charge is -2.29. The third kappa shape index (κ3) is 7.15. The number of halogens is 1. The molecule has 11 heteroatoms. The summed E-state index contributed by atoms with van der Waals surface area (Å²) < 4.78 is 1.21. The van der Waals surface area contributed by atoms with E-state index in [0.717, 1.165) is 27.1 Å². The van der Waals surface area contributed by atoms with Crippen LogP contribution in [0.25, 0.3) is 10.9 Å². The van der Waals surface area contributed by atoms with Crippen molar-refractivity contribution in [2.24, 2.45) is 5.92 Å². The number of benzene rings is 4. The first-order valence-electron chi connectivity index (χ1n) is 14.4. The average molecular weight is 657 g/mol. The van der Waals surface area contributed by atoms with Gasteiger partial charge in [-0.2, -0.15) is 0 Å². The number of aromatic nitrogens is 3. The van der Waals surface area contributed by atoms with Crippen molar-refractivity contribution in [3.63, 3.8) is 0 Å². The van der Waals surface area contributed by atoms with Crippen molar-refractivity contribution >= 4 is 57.2 Å². The third-order valence-electron chi connectivity index (χ3n) is 7.76. The molecule has 2 amide bonds. The van der Waals surface area contributed by atoms with Crippen LogP contribution in [-0.4, -0.2) is 47.9 Å². The molecule has 1 aliphatic rings. The fourth-order valence-corrected chi connectivity index (χ4v) is 7.32. The second-order valence-corrected chi connectivity index (χ2v) is 13.3. The molecule has 1 N–H and O–H groups in total. The van der Waals surface area contributed by atoms with E-state index in [9.17, 15) is 19.5 Å². The van der Waals surface area contributed by atoms with Gasteiger partial charge in [-0.05, 0) is 72.5 Å².